The summed E-state index contributed by atoms with van der Waals surface area (Å²) in [6, 6.07) is 10.6. The topological polar surface area (TPSA) is 96.5 Å². The minimum atomic E-state index is -1.24. The first-order valence-corrected chi connectivity index (χ1v) is 13.9. The maximum absolute atomic E-state index is 12.6. The van der Waals surface area contributed by atoms with E-state index in [1.807, 2.05) is 10.7 Å². The molecule has 8 heteroatoms. The molecule has 6 rings (SSSR count). The molecule has 3 fully saturated rings. The monoisotopic (exact) mass is 517 g/mol. The lowest BCUT2D eigenvalue weighted by Crippen LogP contribution is -2.63. The maximum atomic E-state index is 12.6. The largest absolute Gasteiger partial charge is 0.382 e. The molecule has 0 radical (unpaired) electrons. The third-order valence-electron chi connectivity index (χ3n) is 8.78. The number of likely N-dealkylation sites (tertiary alicyclic amines) is 1. The van der Waals surface area contributed by atoms with Crippen LogP contribution in [0.3, 0.4) is 0 Å². The lowest BCUT2D eigenvalue weighted by atomic mass is 9.62. The van der Waals surface area contributed by atoms with Crippen molar-refractivity contribution >= 4 is 0 Å². The summed E-state index contributed by atoms with van der Waals surface area (Å²) in [4.78, 5) is 11.7. The number of ether oxygens (including phenoxy) is 1. The van der Waals surface area contributed by atoms with Gasteiger partial charge in [-0.3, -0.25) is 4.98 Å². The van der Waals surface area contributed by atoms with Crippen molar-refractivity contribution in [3.63, 3.8) is 0 Å². The second-order valence-electron chi connectivity index (χ2n) is 12.3. The molecule has 1 saturated carbocycles. The van der Waals surface area contributed by atoms with Crippen molar-refractivity contribution in [3.05, 3.63) is 65.2 Å². The Kier molecular flexibility index (Phi) is 6.22. The van der Waals surface area contributed by atoms with E-state index in [2.05, 4.69) is 62.0 Å². The second kappa shape index (κ2) is 9.23. The Bertz CT molecular complexity index is 1300. The van der Waals surface area contributed by atoms with Crippen molar-refractivity contribution in [3.8, 4) is 11.4 Å². The summed E-state index contributed by atoms with van der Waals surface area (Å²) in [7, 11) is 2.08. The molecule has 202 valence electrons. The number of nitrogens with zero attached hydrogens (tertiary/aromatic N) is 5. The quantitative estimate of drug-likeness (QED) is 0.489. The number of hydrogen-bond donors (Lipinski definition) is 2. The number of aromatic nitrogens is 4. The second-order valence-corrected chi connectivity index (χ2v) is 12.3. The molecule has 1 atom stereocenters. The summed E-state index contributed by atoms with van der Waals surface area (Å²) in [5, 5.41) is 28.9. The van der Waals surface area contributed by atoms with Gasteiger partial charge < -0.3 is 19.8 Å². The van der Waals surface area contributed by atoms with Crippen LogP contribution in [0.4, 0.5) is 0 Å². The molecule has 2 aromatic heterocycles. The van der Waals surface area contributed by atoms with Gasteiger partial charge in [0, 0.05) is 68.1 Å². The van der Waals surface area contributed by atoms with E-state index >= 15 is 0 Å². The van der Waals surface area contributed by atoms with Gasteiger partial charge in [-0.2, -0.15) is 5.10 Å². The van der Waals surface area contributed by atoms with E-state index in [4.69, 9.17) is 14.8 Å². The highest BCUT2D eigenvalue weighted by Gasteiger charge is 2.55. The van der Waals surface area contributed by atoms with Crippen LogP contribution in [0.1, 0.15) is 80.9 Å². The zero-order valence-electron chi connectivity index (χ0n) is 22.9. The van der Waals surface area contributed by atoms with Crippen LogP contribution in [0.2, 0.25) is 0 Å². The van der Waals surface area contributed by atoms with Crippen molar-refractivity contribution in [2.24, 2.45) is 5.41 Å². The molecule has 1 aromatic carbocycles. The Hall–Kier alpha value is -2.65. The number of hydrogen-bond acceptors (Lipinski definition) is 7. The van der Waals surface area contributed by atoms with E-state index in [0.717, 1.165) is 42.6 Å². The van der Waals surface area contributed by atoms with Crippen molar-refractivity contribution in [2.45, 2.75) is 69.6 Å². The first-order valence-electron chi connectivity index (χ1n) is 13.9. The van der Waals surface area contributed by atoms with Crippen LogP contribution < -0.4 is 0 Å². The molecule has 1 aliphatic carbocycles. The molecule has 2 aliphatic heterocycles. The number of pyridine rings is 1. The van der Waals surface area contributed by atoms with E-state index in [1.54, 1.807) is 12.4 Å². The van der Waals surface area contributed by atoms with Crippen LogP contribution in [-0.2, 0) is 15.9 Å². The van der Waals surface area contributed by atoms with Crippen LogP contribution in [0.15, 0.2) is 42.7 Å². The molecule has 2 N–H and O–H groups in total. The summed E-state index contributed by atoms with van der Waals surface area (Å²) in [5.74, 6) is 1.57. The SMILES string of the molecule is CC(C)c1ccc([C@](O)(c2cncc(-c3nc(C4(O)CCOCC4)n(C4CC4)n3)c2)C2(C)CN(C)C2)cc1. The molecule has 4 heterocycles. The molecule has 0 bridgehead atoms. The van der Waals surface area contributed by atoms with E-state index < -0.39 is 11.2 Å². The molecule has 3 aromatic rings. The van der Waals surface area contributed by atoms with Crippen LogP contribution in [0.25, 0.3) is 11.4 Å². The summed E-state index contributed by atoms with van der Waals surface area (Å²) in [6.07, 6.45) is 6.62. The van der Waals surface area contributed by atoms with Gasteiger partial charge in [0.05, 0.1) is 6.04 Å². The van der Waals surface area contributed by atoms with Crippen LogP contribution >= 0.6 is 0 Å². The van der Waals surface area contributed by atoms with Crippen LogP contribution in [0, 0.1) is 5.41 Å². The summed E-state index contributed by atoms with van der Waals surface area (Å²) in [6.45, 7) is 9.06. The molecular weight excluding hydrogens is 478 g/mol. The summed E-state index contributed by atoms with van der Waals surface area (Å²) < 4.78 is 7.43. The molecule has 8 nitrogen and oxygen atoms in total. The van der Waals surface area contributed by atoms with Gasteiger partial charge in [0.15, 0.2) is 11.6 Å². The molecule has 3 aliphatic rings. The summed E-state index contributed by atoms with van der Waals surface area (Å²) in [5.41, 5.74) is 0.922. The minimum Gasteiger partial charge on any atom is -0.382 e. The Morgan fingerprint density at radius 1 is 1.05 bits per heavy atom. The zero-order chi connectivity index (χ0) is 26.7. The van der Waals surface area contributed by atoms with E-state index in [-0.39, 0.29) is 11.5 Å². The third kappa shape index (κ3) is 4.18. The highest BCUT2D eigenvalue weighted by atomic mass is 16.5. The number of rotatable bonds is 7. The van der Waals surface area contributed by atoms with Gasteiger partial charge in [0.2, 0.25) is 0 Å². The van der Waals surface area contributed by atoms with Gasteiger partial charge in [-0.1, -0.05) is 45.0 Å². The molecule has 38 heavy (non-hydrogen) atoms. The van der Waals surface area contributed by atoms with E-state index in [0.29, 0.717) is 43.6 Å². The minimum absolute atomic E-state index is 0.273. The molecule has 0 spiro atoms. The van der Waals surface area contributed by atoms with E-state index in [9.17, 15) is 10.2 Å². The fourth-order valence-electron chi connectivity index (χ4n) is 6.38. The standard InChI is InChI=1S/C30H39N5O3/c1-20(2)21-5-7-23(8-6-21)30(37,28(3)18-34(4)19-28)24-15-22(16-31-17-24)26-32-27(35(33-26)25-9-10-25)29(36)11-13-38-14-12-29/h5-8,15-17,20,25,36-37H,9-14,18-19H2,1-4H3/t30-/m0/s1. The van der Waals surface area contributed by atoms with Gasteiger partial charge in [-0.05, 0) is 43.0 Å². The number of benzene rings is 1. The van der Waals surface area contributed by atoms with Crippen molar-refractivity contribution < 1.29 is 14.9 Å². The van der Waals surface area contributed by atoms with Crippen LogP contribution in [-0.4, -0.2) is 68.2 Å². The van der Waals surface area contributed by atoms with E-state index in [1.165, 1.54) is 5.56 Å². The third-order valence-corrected chi connectivity index (χ3v) is 8.78. The lowest BCUT2D eigenvalue weighted by molar-refractivity contribution is -0.127. The predicted octanol–water partition coefficient (Wildman–Crippen LogP) is 3.98. The molecule has 0 amide bonds. The highest BCUT2D eigenvalue weighted by Crippen LogP contribution is 2.50. The normalized spacial score (nSPS) is 22.7. The molecule has 0 unspecified atom stereocenters. The smallest absolute Gasteiger partial charge is 0.183 e. The van der Waals surface area contributed by atoms with Crippen molar-refractivity contribution in [2.75, 3.05) is 33.4 Å². The van der Waals surface area contributed by atoms with Gasteiger partial charge in [-0.15, -0.1) is 0 Å². The fraction of sp³-hybridized carbons (Fsp3) is 0.567. The Balaban J connectivity index is 1.43. The molecular formula is C30H39N5O3. The fourth-order valence-corrected chi connectivity index (χ4v) is 6.38. The average Bonchev–Trinajstić information content (AvgIpc) is 3.65. The Morgan fingerprint density at radius 3 is 2.34 bits per heavy atom. The maximum Gasteiger partial charge on any atom is 0.183 e. The van der Waals surface area contributed by atoms with Gasteiger partial charge >= 0.3 is 0 Å². The highest BCUT2D eigenvalue weighted by molar-refractivity contribution is 5.56. The Morgan fingerprint density at radius 2 is 1.74 bits per heavy atom. The zero-order valence-corrected chi connectivity index (χ0v) is 22.9. The van der Waals surface area contributed by atoms with Gasteiger partial charge in [0.25, 0.3) is 0 Å². The first-order chi connectivity index (χ1) is 18.1. The number of aliphatic hydroxyl groups is 2. The predicted molar refractivity (Wildman–Crippen MR) is 145 cm³/mol. The van der Waals surface area contributed by atoms with Gasteiger partial charge in [0.1, 0.15) is 11.2 Å². The first kappa shape index (κ1) is 25.6. The summed E-state index contributed by atoms with van der Waals surface area (Å²) >= 11 is 0. The van der Waals surface area contributed by atoms with Crippen molar-refractivity contribution in [1.29, 1.82) is 0 Å². The van der Waals surface area contributed by atoms with Crippen LogP contribution in [0.5, 0.6) is 0 Å². The Labute approximate surface area is 224 Å². The molecule has 2 saturated heterocycles. The van der Waals surface area contributed by atoms with Gasteiger partial charge in [-0.25, -0.2) is 9.67 Å². The average molecular weight is 518 g/mol. The van der Waals surface area contributed by atoms with Crippen molar-refractivity contribution in [1.82, 2.24) is 24.6 Å². The lowest BCUT2D eigenvalue weighted by Gasteiger charge is -2.55.